The summed E-state index contributed by atoms with van der Waals surface area (Å²) < 4.78 is 2.36. The summed E-state index contributed by atoms with van der Waals surface area (Å²) in [5.41, 5.74) is 6.57. The first-order valence-corrected chi connectivity index (χ1v) is 17.2. The van der Waals surface area contributed by atoms with E-state index in [1.807, 2.05) is 6.08 Å². The molecule has 3 heterocycles. The van der Waals surface area contributed by atoms with E-state index in [4.69, 9.17) is 0 Å². The van der Waals surface area contributed by atoms with Crippen molar-refractivity contribution in [1.29, 1.82) is 0 Å². The molecule has 0 bridgehead atoms. The average molecular weight is 641 g/mol. The number of rotatable bonds is 2. The molecule has 45 heavy (non-hydrogen) atoms. The molecule has 0 N–H and O–H groups in total. The van der Waals surface area contributed by atoms with Gasteiger partial charge in [-0.2, -0.15) is 0 Å². The molecule has 0 radical (unpaired) electrons. The highest BCUT2D eigenvalue weighted by Gasteiger charge is 2.49. The van der Waals surface area contributed by atoms with Crippen molar-refractivity contribution >= 4 is 78.7 Å². The summed E-state index contributed by atoms with van der Waals surface area (Å²) in [6.07, 6.45) is 5.75. The number of fused-ring (bicyclic) bond motifs is 9. The fraction of sp³-hybridized carbons (Fsp3) is 0.158. The van der Waals surface area contributed by atoms with E-state index in [2.05, 4.69) is 39.8 Å². The number of hydrogen-bond acceptors (Lipinski definition) is 7. The van der Waals surface area contributed by atoms with Crippen LogP contribution < -0.4 is 0 Å². The van der Waals surface area contributed by atoms with Gasteiger partial charge in [-0.3, -0.25) is 19.2 Å². The molecular weight excluding hydrogens is 617 g/mol. The predicted molar refractivity (Wildman–Crippen MR) is 182 cm³/mol. The Morgan fingerprint density at radius 3 is 1.64 bits per heavy atom. The lowest BCUT2D eigenvalue weighted by Crippen LogP contribution is -2.24. The summed E-state index contributed by atoms with van der Waals surface area (Å²) in [5, 5.41) is 0. The monoisotopic (exact) mass is 640 g/mol. The van der Waals surface area contributed by atoms with Crippen LogP contribution in [0, 0.1) is 0 Å². The number of Topliss-reactive ketones (excluding diaryl/α,β-unsaturated/α-hetero) is 4. The van der Waals surface area contributed by atoms with Gasteiger partial charge >= 0.3 is 0 Å². The number of carbonyl (C=O) groups excluding carboxylic acids is 4. The molecule has 0 unspecified atom stereocenters. The maximum atomic E-state index is 13.2. The van der Waals surface area contributed by atoms with Crippen LogP contribution in [0.25, 0.3) is 31.3 Å². The van der Waals surface area contributed by atoms with E-state index in [1.165, 1.54) is 36.0 Å². The molecule has 2 aromatic carbocycles. The van der Waals surface area contributed by atoms with E-state index in [0.717, 1.165) is 15.2 Å². The number of carbonyl (C=O) groups is 4. The molecule has 0 saturated carbocycles. The molecule has 0 aliphatic heterocycles. The molecule has 7 heteroatoms. The topological polar surface area (TPSA) is 68.3 Å². The Morgan fingerprint density at radius 2 is 1.09 bits per heavy atom. The molecule has 3 aromatic heterocycles. The second-order valence-corrected chi connectivity index (χ2v) is 16.3. The van der Waals surface area contributed by atoms with Gasteiger partial charge in [-0.1, -0.05) is 76.2 Å². The van der Waals surface area contributed by atoms with E-state index in [9.17, 15) is 19.2 Å². The highest BCUT2D eigenvalue weighted by atomic mass is 32.1. The predicted octanol–water partition coefficient (Wildman–Crippen LogP) is 9.47. The molecule has 5 aromatic rings. The smallest absolute Gasteiger partial charge is 0.197 e. The molecule has 0 fully saturated rings. The Bertz CT molecular complexity index is 2320. The van der Waals surface area contributed by atoms with Crippen LogP contribution in [-0.4, -0.2) is 23.1 Å². The highest BCUT2D eigenvalue weighted by Crippen LogP contribution is 2.64. The van der Waals surface area contributed by atoms with E-state index in [1.54, 1.807) is 88.6 Å². The fourth-order valence-electron chi connectivity index (χ4n) is 7.55. The molecule has 4 nitrogen and oxygen atoms in total. The van der Waals surface area contributed by atoms with Gasteiger partial charge < -0.3 is 0 Å². The summed E-state index contributed by atoms with van der Waals surface area (Å²) in [6.45, 7) is 8.94. The van der Waals surface area contributed by atoms with Gasteiger partial charge in [-0.05, 0) is 46.6 Å². The highest BCUT2D eigenvalue weighted by molar-refractivity contribution is 7.32. The van der Waals surface area contributed by atoms with Gasteiger partial charge in [0.1, 0.15) is 0 Å². The fourth-order valence-corrected chi connectivity index (χ4v) is 12.2. The molecule has 0 spiro atoms. The quantitative estimate of drug-likeness (QED) is 0.142. The first-order chi connectivity index (χ1) is 21.5. The van der Waals surface area contributed by atoms with Crippen molar-refractivity contribution in [3.05, 3.63) is 126 Å². The van der Waals surface area contributed by atoms with Crippen LogP contribution in [0.5, 0.6) is 0 Å². The van der Waals surface area contributed by atoms with Crippen molar-refractivity contribution in [1.82, 2.24) is 0 Å². The van der Waals surface area contributed by atoms with Gasteiger partial charge in [0, 0.05) is 52.4 Å². The Labute approximate surface area is 271 Å². The van der Waals surface area contributed by atoms with Crippen LogP contribution in [0.1, 0.15) is 95.6 Å². The molecule has 4 aliphatic carbocycles. The molecule has 0 saturated heterocycles. The SMILES string of the molecule is CC1(C)C(C=C2C(=O)c3ccccc3C2=O)=Cc2sc3c(c21)C(C)(C)c1c-3sc2cc(C=C3C(=O)c4ccccc4C3=O)sc12. The zero-order valence-corrected chi connectivity index (χ0v) is 27.2. The Hall–Kier alpha value is -4.30. The van der Waals surface area contributed by atoms with Gasteiger partial charge in [0.2, 0.25) is 0 Å². The molecule has 0 amide bonds. The lowest BCUT2D eigenvalue weighted by Gasteiger charge is -2.29. The van der Waals surface area contributed by atoms with Crippen LogP contribution in [0.15, 0.2) is 77.4 Å². The van der Waals surface area contributed by atoms with Gasteiger partial charge in [0.05, 0.1) is 20.7 Å². The molecular formula is C38H24O4S3. The van der Waals surface area contributed by atoms with Gasteiger partial charge in [0.15, 0.2) is 23.1 Å². The summed E-state index contributed by atoms with van der Waals surface area (Å²) in [6, 6.07) is 16.2. The summed E-state index contributed by atoms with van der Waals surface area (Å²) in [7, 11) is 0. The molecule has 218 valence electrons. The lowest BCUT2D eigenvalue weighted by atomic mass is 9.73. The summed E-state index contributed by atoms with van der Waals surface area (Å²) >= 11 is 5.21. The van der Waals surface area contributed by atoms with E-state index in [-0.39, 0.29) is 39.7 Å². The van der Waals surface area contributed by atoms with Crippen molar-refractivity contribution in [3.8, 4) is 9.75 Å². The average Bonchev–Trinajstić information content (AvgIpc) is 3.83. The molecule has 9 rings (SSSR count). The summed E-state index contributed by atoms with van der Waals surface area (Å²) in [4.78, 5) is 57.1. The Kier molecular flexibility index (Phi) is 5.23. The third-order valence-electron chi connectivity index (χ3n) is 9.81. The number of allylic oxidation sites excluding steroid dienone is 4. The maximum Gasteiger partial charge on any atom is 0.197 e. The Morgan fingerprint density at radius 1 is 0.578 bits per heavy atom. The van der Waals surface area contributed by atoms with Gasteiger partial charge in [-0.15, -0.1) is 34.0 Å². The maximum absolute atomic E-state index is 13.2. The number of thiophene rings is 3. The first-order valence-electron chi connectivity index (χ1n) is 14.8. The van der Waals surface area contributed by atoms with Crippen molar-refractivity contribution in [2.75, 3.05) is 0 Å². The normalized spacial score (nSPS) is 18.4. The van der Waals surface area contributed by atoms with Crippen LogP contribution >= 0.6 is 34.0 Å². The second kappa shape index (κ2) is 8.69. The largest absolute Gasteiger partial charge is 0.288 e. The number of ketones is 4. The lowest BCUT2D eigenvalue weighted by molar-refractivity contribution is 0.0974. The Balaban J connectivity index is 1.11. The minimum Gasteiger partial charge on any atom is -0.288 e. The van der Waals surface area contributed by atoms with E-state index >= 15 is 0 Å². The van der Waals surface area contributed by atoms with Crippen LogP contribution in [0.2, 0.25) is 0 Å². The van der Waals surface area contributed by atoms with Gasteiger partial charge in [-0.25, -0.2) is 0 Å². The minimum absolute atomic E-state index is 0.203. The van der Waals surface area contributed by atoms with Crippen LogP contribution in [0.3, 0.4) is 0 Å². The third-order valence-corrected chi connectivity index (χ3v) is 13.5. The van der Waals surface area contributed by atoms with Crippen molar-refractivity contribution < 1.29 is 19.2 Å². The van der Waals surface area contributed by atoms with Crippen LogP contribution in [-0.2, 0) is 10.8 Å². The third kappa shape index (κ3) is 3.35. The molecule has 4 aliphatic rings. The van der Waals surface area contributed by atoms with Crippen molar-refractivity contribution in [2.45, 2.75) is 38.5 Å². The van der Waals surface area contributed by atoms with E-state index < -0.39 is 5.41 Å². The van der Waals surface area contributed by atoms with Gasteiger partial charge in [0.25, 0.3) is 0 Å². The zero-order valence-electron chi connectivity index (χ0n) is 24.8. The number of hydrogen-bond donors (Lipinski definition) is 0. The minimum atomic E-state index is -0.393. The van der Waals surface area contributed by atoms with Crippen molar-refractivity contribution in [3.63, 3.8) is 0 Å². The number of benzene rings is 2. The van der Waals surface area contributed by atoms with E-state index in [0.29, 0.717) is 22.3 Å². The second-order valence-electron chi connectivity index (χ2n) is 13.1. The summed E-state index contributed by atoms with van der Waals surface area (Å²) in [5.74, 6) is -0.820. The molecule has 0 atom stereocenters. The first kappa shape index (κ1) is 27.0. The zero-order chi connectivity index (χ0) is 31.2. The van der Waals surface area contributed by atoms with Crippen molar-refractivity contribution in [2.24, 2.45) is 0 Å². The standard InChI is InChI=1S/C38H24O4S3/c1-37(2)17(13-23-30(39)19-9-5-6-10-20(19)31(23)40)14-25-27(37)28-35(44-25)36-29(38(28,3)4)34-26(45-36)16-18(43-34)15-24-32(41)21-11-7-8-12-22(21)33(24)42/h5-16H,1-4H3. The van der Waals surface area contributed by atoms with Crippen LogP contribution in [0.4, 0.5) is 0 Å².